The van der Waals surface area contributed by atoms with Crippen LogP contribution in [-0.2, 0) is 20.2 Å². The molecule has 1 amide bonds. The molecule has 4 aromatic rings. The van der Waals surface area contributed by atoms with Crippen molar-refractivity contribution >= 4 is 26.8 Å². The number of nitrogens with one attached hydrogen (secondary N) is 3. The van der Waals surface area contributed by atoms with Crippen LogP contribution >= 0.6 is 0 Å². The first-order chi connectivity index (χ1) is 23.1. The predicted molar refractivity (Wildman–Crippen MR) is 187 cm³/mol. The van der Waals surface area contributed by atoms with Crippen LogP contribution in [0, 0.1) is 5.92 Å². The number of carbonyl (C=O) groups is 1. The fourth-order valence-electron chi connectivity index (χ4n) is 6.91. The summed E-state index contributed by atoms with van der Waals surface area (Å²) in [6.07, 6.45) is 2.17. The number of aliphatic hydroxyl groups is 1. The smallest absolute Gasteiger partial charge is 0.248 e. The second-order valence-corrected chi connectivity index (χ2v) is 14.4. The van der Waals surface area contributed by atoms with Crippen molar-refractivity contribution in [3.05, 3.63) is 112 Å². The van der Waals surface area contributed by atoms with Crippen molar-refractivity contribution in [3.8, 4) is 5.75 Å². The predicted octanol–water partition coefficient (Wildman–Crippen LogP) is 2.74. The summed E-state index contributed by atoms with van der Waals surface area (Å²) < 4.78 is 28.3. The molecule has 0 saturated carbocycles. The Morgan fingerprint density at radius 2 is 1.62 bits per heavy atom. The number of amides is 1. The van der Waals surface area contributed by atoms with E-state index < -0.39 is 27.4 Å². The summed E-state index contributed by atoms with van der Waals surface area (Å²) in [5.74, 6) is -0.590. The number of aromatic amines is 1. The van der Waals surface area contributed by atoms with Crippen molar-refractivity contribution in [1.29, 1.82) is 0 Å². The molecule has 1 aliphatic heterocycles. The number of phenolic OH excluding ortho intramolecular Hbond substituents is 1. The van der Waals surface area contributed by atoms with Gasteiger partial charge in [0.05, 0.1) is 17.4 Å². The highest BCUT2D eigenvalue weighted by Crippen LogP contribution is 2.43. The number of fused-ring (bicyclic) bond motifs is 1. The van der Waals surface area contributed by atoms with Crippen LogP contribution in [0.1, 0.15) is 48.5 Å². The number of benzene rings is 3. The Hall–Kier alpha value is -4.07. The number of primary amides is 1. The Kier molecular flexibility index (Phi) is 11.7. The van der Waals surface area contributed by atoms with Crippen LogP contribution in [-0.4, -0.2) is 79.4 Å². The number of pyridine rings is 1. The number of rotatable bonds is 17. The number of hydrogen-bond donors (Lipinski definition) is 6. The molecule has 0 aliphatic carbocycles. The molecule has 7 N–H and O–H groups in total. The van der Waals surface area contributed by atoms with E-state index in [2.05, 4.69) is 19.9 Å². The van der Waals surface area contributed by atoms with Crippen LogP contribution in [0.15, 0.2) is 89.7 Å². The molecule has 0 unspecified atom stereocenters. The Bertz CT molecular complexity index is 1790. The molecule has 2 atom stereocenters. The molecule has 1 aromatic heterocycles. The van der Waals surface area contributed by atoms with Gasteiger partial charge in [0.1, 0.15) is 11.2 Å². The average molecular weight is 676 g/mol. The van der Waals surface area contributed by atoms with Gasteiger partial charge in [0, 0.05) is 37.6 Å². The fourth-order valence-corrected chi connectivity index (χ4v) is 8.01. The topological polar surface area (TPSA) is 178 Å². The Morgan fingerprint density at radius 1 is 0.958 bits per heavy atom. The number of carbonyl (C=O) groups excluding carboxylic acids is 1. The normalized spacial score (nSPS) is 16.3. The third kappa shape index (κ3) is 8.13. The second kappa shape index (κ2) is 15.9. The zero-order valence-electron chi connectivity index (χ0n) is 27.0. The molecule has 1 aliphatic rings. The number of aliphatic hydroxyl groups excluding tert-OH is 1. The molecule has 0 radical (unpaired) electrons. The summed E-state index contributed by atoms with van der Waals surface area (Å²) in [6, 6.07) is 25.3. The zero-order chi connectivity index (χ0) is 34.1. The van der Waals surface area contributed by atoms with Crippen molar-refractivity contribution in [2.75, 3.05) is 45.0 Å². The van der Waals surface area contributed by atoms with Gasteiger partial charge in [0.15, 0.2) is 0 Å². The quantitative estimate of drug-likeness (QED) is 0.0926. The highest BCUT2D eigenvalue weighted by Gasteiger charge is 2.49. The first kappa shape index (κ1) is 35.2. The lowest BCUT2D eigenvalue weighted by molar-refractivity contribution is -0.123. The van der Waals surface area contributed by atoms with Crippen LogP contribution in [0.5, 0.6) is 5.75 Å². The molecule has 0 bridgehead atoms. The van der Waals surface area contributed by atoms with E-state index in [1.54, 1.807) is 12.1 Å². The van der Waals surface area contributed by atoms with Gasteiger partial charge < -0.3 is 31.1 Å². The van der Waals surface area contributed by atoms with Gasteiger partial charge >= 0.3 is 0 Å². The first-order valence-corrected chi connectivity index (χ1v) is 18.1. The number of unbranched alkanes of at least 4 members (excludes halogenated alkanes) is 2. The van der Waals surface area contributed by atoms with E-state index in [9.17, 15) is 28.2 Å². The molecule has 1 fully saturated rings. The van der Waals surface area contributed by atoms with E-state index >= 15 is 0 Å². The van der Waals surface area contributed by atoms with E-state index in [4.69, 9.17) is 5.73 Å². The third-order valence-electron chi connectivity index (χ3n) is 9.36. The van der Waals surface area contributed by atoms with Gasteiger partial charge in [0.2, 0.25) is 21.5 Å². The van der Waals surface area contributed by atoms with Crippen LogP contribution in [0.3, 0.4) is 0 Å². The second-order valence-electron chi connectivity index (χ2n) is 12.5. The molecule has 48 heavy (non-hydrogen) atoms. The average Bonchev–Trinajstić information content (AvgIpc) is 3.56. The van der Waals surface area contributed by atoms with Gasteiger partial charge in [-0.3, -0.25) is 9.59 Å². The van der Waals surface area contributed by atoms with E-state index in [-0.39, 0.29) is 23.0 Å². The number of likely N-dealkylation sites (tertiary alicyclic amines) is 1. The summed E-state index contributed by atoms with van der Waals surface area (Å²) in [4.78, 5) is 29.6. The molecule has 12 heteroatoms. The highest BCUT2D eigenvalue weighted by molar-refractivity contribution is 7.89. The lowest BCUT2D eigenvalue weighted by atomic mass is 9.64. The summed E-state index contributed by atoms with van der Waals surface area (Å²) in [5, 5.41) is 24.5. The molecule has 5 rings (SSSR count). The molecular weight excluding hydrogens is 630 g/mol. The Balaban J connectivity index is 1.04. The molecule has 1 saturated heterocycles. The SMILES string of the molecule is NC(=O)C(c1ccccc1)(c1ccccc1)[C@@H]1CCN(CCS(=O)(=O)NCCCCCNC[C@@H](O)c2ccc(O)c3[nH]c(=O)ccc23)C1. The van der Waals surface area contributed by atoms with Crippen molar-refractivity contribution in [2.45, 2.75) is 37.2 Å². The summed E-state index contributed by atoms with van der Waals surface area (Å²) in [6.45, 7) is 2.89. The molecular formula is C36H45N5O6S. The van der Waals surface area contributed by atoms with E-state index in [1.165, 1.54) is 12.1 Å². The highest BCUT2D eigenvalue weighted by atomic mass is 32.2. The monoisotopic (exact) mass is 675 g/mol. The Labute approximate surface area is 281 Å². The van der Waals surface area contributed by atoms with Gasteiger partial charge in [-0.25, -0.2) is 13.1 Å². The van der Waals surface area contributed by atoms with E-state index in [1.807, 2.05) is 60.7 Å². The van der Waals surface area contributed by atoms with Crippen LogP contribution in [0.2, 0.25) is 0 Å². The van der Waals surface area contributed by atoms with Crippen molar-refractivity contribution in [2.24, 2.45) is 11.7 Å². The maximum atomic E-state index is 13.3. The van der Waals surface area contributed by atoms with Crippen LogP contribution in [0.25, 0.3) is 10.9 Å². The Morgan fingerprint density at radius 3 is 2.29 bits per heavy atom. The maximum absolute atomic E-state index is 13.3. The largest absolute Gasteiger partial charge is 0.506 e. The van der Waals surface area contributed by atoms with E-state index in [0.717, 1.165) is 30.4 Å². The van der Waals surface area contributed by atoms with E-state index in [0.29, 0.717) is 62.2 Å². The van der Waals surface area contributed by atoms with Crippen molar-refractivity contribution in [3.63, 3.8) is 0 Å². The van der Waals surface area contributed by atoms with Gasteiger partial charge in [-0.1, -0.05) is 73.2 Å². The third-order valence-corrected chi connectivity index (χ3v) is 10.7. The number of H-pyrrole nitrogens is 1. The molecule has 256 valence electrons. The first-order valence-electron chi connectivity index (χ1n) is 16.5. The number of sulfonamides is 1. The van der Waals surface area contributed by atoms with Gasteiger partial charge in [-0.15, -0.1) is 0 Å². The number of hydrogen-bond acceptors (Lipinski definition) is 8. The maximum Gasteiger partial charge on any atom is 0.248 e. The lowest BCUT2D eigenvalue weighted by Gasteiger charge is -2.37. The number of aromatic hydroxyl groups is 1. The van der Waals surface area contributed by atoms with Crippen molar-refractivity contribution in [1.82, 2.24) is 19.9 Å². The number of aromatic nitrogens is 1. The molecule has 0 spiro atoms. The lowest BCUT2D eigenvalue weighted by Crippen LogP contribution is -2.49. The summed E-state index contributed by atoms with van der Waals surface area (Å²) in [5.41, 5.74) is 7.43. The summed E-state index contributed by atoms with van der Waals surface area (Å²) in [7, 11) is -3.48. The van der Waals surface area contributed by atoms with Gasteiger partial charge in [-0.05, 0) is 67.1 Å². The van der Waals surface area contributed by atoms with Gasteiger partial charge in [-0.2, -0.15) is 0 Å². The minimum atomic E-state index is -3.48. The number of nitrogens with zero attached hydrogens (tertiary/aromatic N) is 1. The molecule has 11 nitrogen and oxygen atoms in total. The summed E-state index contributed by atoms with van der Waals surface area (Å²) >= 11 is 0. The van der Waals surface area contributed by atoms with Crippen LogP contribution < -0.4 is 21.3 Å². The zero-order valence-corrected chi connectivity index (χ0v) is 27.8. The van der Waals surface area contributed by atoms with Crippen LogP contribution in [0.4, 0.5) is 0 Å². The molecule has 3 aromatic carbocycles. The minimum absolute atomic E-state index is 0.0285. The van der Waals surface area contributed by atoms with Crippen molar-refractivity contribution < 1.29 is 23.4 Å². The number of phenols is 1. The standard InChI is InChI=1S/C36H45N5O6S/c37-35(45)36(26-10-4-1-5-11-26,27-12-6-2-7-13-27)28-18-21-41(25-28)22-23-48(46,47)39-20-9-3-8-19-38-24-32(43)29-14-16-31(42)34-30(29)15-17-33(44)40-34/h1-2,4-7,10-17,28,32,38-39,42-43H,3,8-9,18-25H2,(H2,37,45)(H,40,44)/t28-,32-/m1/s1. The number of nitrogens with two attached hydrogens (primary N) is 1. The minimum Gasteiger partial charge on any atom is -0.506 e. The fraction of sp³-hybridized carbons (Fsp3) is 0.389. The molecule has 2 heterocycles. The van der Waals surface area contributed by atoms with Gasteiger partial charge in [0.25, 0.3) is 0 Å².